The molecule has 1 aromatic carbocycles. The second kappa shape index (κ2) is 5.56. The van der Waals surface area contributed by atoms with E-state index in [1.54, 1.807) is 6.92 Å². The summed E-state index contributed by atoms with van der Waals surface area (Å²) in [6.07, 6.45) is 1.86. The fourth-order valence-electron chi connectivity index (χ4n) is 2.45. The lowest BCUT2D eigenvalue weighted by atomic mass is 10.1. The van der Waals surface area contributed by atoms with Gasteiger partial charge in [0.05, 0.1) is 11.0 Å². The SMILES string of the molecule is Cc1cc(F)ccc1S(=O)(=O)NCC1CCC(O)C1. The van der Waals surface area contributed by atoms with Crippen molar-refractivity contribution < 1.29 is 17.9 Å². The van der Waals surface area contributed by atoms with Crippen molar-refractivity contribution in [2.45, 2.75) is 37.2 Å². The zero-order chi connectivity index (χ0) is 14.0. The Bertz CT molecular complexity index is 559. The predicted octanol–water partition coefficient (Wildman–Crippen LogP) is 1.57. The van der Waals surface area contributed by atoms with Crippen LogP contribution in [-0.2, 0) is 10.0 Å². The first-order valence-electron chi connectivity index (χ1n) is 6.32. The van der Waals surface area contributed by atoms with E-state index in [1.165, 1.54) is 12.1 Å². The van der Waals surface area contributed by atoms with Crippen molar-refractivity contribution in [3.63, 3.8) is 0 Å². The van der Waals surface area contributed by atoms with Crippen LogP contribution in [0.5, 0.6) is 0 Å². The summed E-state index contributed by atoms with van der Waals surface area (Å²) in [4.78, 5) is 0.104. The molecule has 0 radical (unpaired) electrons. The normalized spacial score (nSPS) is 23.7. The number of rotatable bonds is 4. The number of halogens is 1. The number of hydrogen-bond donors (Lipinski definition) is 2. The van der Waals surface area contributed by atoms with Crippen LogP contribution < -0.4 is 4.72 Å². The molecule has 0 heterocycles. The third-order valence-electron chi connectivity index (χ3n) is 3.50. The molecule has 0 amide bonds. The Morgan fingerprint density at radius 2 is 2.16 bits per heavy atom. The van der Waals surface area contributed by atoms with Gasteiger partial charge in [0.2, 0.25) is 10.0 Å². The van der Waals surface area contributed by atoms with Crippen LogP contribution in [0, 0.1) is 18.7 Å². The van der Waals surface area contributed by atoms with Crippen LogP contribution in [0.4, 0.5) is 4.39 Å². The Morgan fingerprint density at radius 1 is 1.42 bits per heavy atom. The number of nitrogens with one attached hydrogen (secondary N) is 1. The van der Waals surface area contributed by atoms with Crippen LogP contribution in [0.2, 0.25) is 0 Å². The van der Waals surface area contributed by atoms with Crippen LogP contribution in [0.3, 0.4) is 0 Å². The van der Waals surface area contributed by atoms with E-state index in [2.05, 4.69) is 4.72 Å². The van der Waals surface area contributed by atoms with Gasteiger partial charge >= 0.3 is 0 Å². The van der Waals surface area contributed by atoms with Crippen molar-refractivity contribution in [3.8, 4) is 0 Å². The summed E-state index contributed by atoms with van der Waals surface area (Å²) in [5, 5.41) is 9.40. The molecule has 0 saturated heterocycles. The molecule has 2 atom stereocenters. The molecule has 2 rings (SSSR count). The number of aliphatic hydroxyl groups is 1. The molecule has 1 saturated carbocycles. The minimum absolute atomic E-state index is 0.104. The molecule has 4 nitrogen and oxygen atoms in total. The van der Waals surface area contributed by atoms with E-state index in [0.29, 0.717) is 18.5 Å². The summed E-state index contributed by atoms with van der Waals surface area (Å²) in [5.41, 5.74) is 0.388. The first-order valence-corrected chi connectivity index (χ1v) is 7.80. The first-order chi connectivity index (χ1) is 8.88. The fraction of sp³-hybridized carbons (Fsp3) is 0.538. The maximum Gasteiger partial charge on any atom is 0.240 e. The molecule has 106 valence electrons. The molecule has 0 spiro atoms. The van der Waals surface area contributed by atoms with Crippen molar-refractivity contribution in [1.82, 2.24) is 4.72 Å². The average Bonchev–Trinajstić information content (AvgIpc) is 2.72. The second-order valence-electron chi connectivity index (χ2n) is 5.09. The van der Waals surface area contributed by atoms with Crippen molar-refractivity contribution in [3.05, 3.63) is 29.6 Å². The Hall–Kier alpha value is -0.980. The third kappa shape index (κ3) is 3.52. The highest BCUT2D eigenvalue weighted by atomic mass is 32.2. The van der Waals surface area contributed by atoms with Gasteiger partial charge in [-0.15, -0.1) is 0 Å². The largest absolute Gasteiger partial charge is 0.393 e. The number of aliphatic hydroxyl groups excluding tert-OH is 1. The number of hydrogen-bond acceptors (Lipinski definition) is 3. The zero-order valence-corrected chi connectivity index (χ0v) is 11.6. The van der Waals surface area contributed by atoms with Gasteiger partial charge in [-0.25, -0.2) is 17.5 Å². The molecule has 19 heavy (non-hydrogen) atoms. The van der Waals surface area contributed by atoms with Crippen molar-refractivity contribution in [1.29, 1.82) is 0 Å². The molecule has 1 aliphatic carbocycles. The molecule has 0 aliphatic heterocycles. The molecule has 0 bridgehead atoms. The van der Waals surface area contributed by atoms with Gasteiger partial charge < -0.3 is 5.11 Å². The van der Waals surface area contributed by atoms with Crippen LogP contribution >= 0.6 is 0 Å². The summed E-state index contributed by atoms with van der Waals surface area (Å²) in [7, 11) is -3.61. The highest BCUT2D eigenvalue weighted by Crippen LogP contribution is 2.25. The lowest BCUT2D eigenvalue weighted by Crippen LogP contribution is -2.29. The van der Waals surface area contributed by atoms with Gasteiger partial charge in [-0.05, 0) is 55.9 Å². The van der Waals surface area contributed by atoms with E-state index in [0.717, 1.165) is 18.9 Å². The second-order valence-corrected chi connectivity index (χ2v) is 6.83. The highest BCUT2D eigenvalue weighted by Gasteiger charge is 2.25. The van der Waals surface area contributed by atoms with E-state index < -0.39 is 15.8 Å². The standard InChI is InChI=1S/C13H18FNO3S/c1-9-6-11(14)3-5-13(9)19(17,18)15-8-10-2-4-12(16)7-10/h3,5-6,10,12,15-16H,2,4,7-8H2,1H3. The average molecular weight is 287 g/mol. The van der Waals surface area contributed by atoms with E-state index in [9.17, 15) is 17.9 Å². The molecule has 6 heteroatoms. The fourth-order valence-corrected chi connectivity index (χ4v) is 3.79. The monoisotopic (exact) mass is 287 g/mol. The van der Waals surface area contributed by atoms with E-state index in [1.807, 2.05) is 0 Å². The highest BCUT2D eigenvalue weighted by molar-refractivity contribution is 7.89. The van der Waals surface area contributed by atoms with E-state index >= 15 is 0 Å². The topological polar surface area (TPSA) is 66.4 Å². The summed E-state index contributed by atoms with van der Waals surface area (Å²) < 4.78 is 39.7. The van der Waals surface area contributed by atoms with Gasteiger partial charge in [0, 0.05) is 6.54 Å². The lowest BCUT2D eigenvalue weighted by molar-refractivity contribution is 0.178. The zero-order valence-electron chi connectivity index (χ0n) is 10.8. The molecule has 0 aromatic heterocycles. The summed E-state index contributed by atoms with van der Waals surface area (Å²) >= 11 is 0. The molecular weight excluding hydrogens is 269 g/mol. The molecule has 2 unspecified atom stereocenters. The minimum Gasteiger partial charge on any atom is -0.393 e. The lowest BCUT2D eigenvalue weighted by Gasteiger charge is -2.13. The van der Waals surface area contributed by atoms with Gasteiger partial charge in [-0.1, -0.05) is 0 Å². The molecule has 2 N–H and O–H groups in total. The predicted molar refractivity (Wildman–Crippen MR) is 69.7 cm³/mol. The van der Waals surface area contributed by atoms with Gasteiger partial charge in [-0.2, -0.15) is 0 Å². The Morgan fingerprint density at radius 3 is 2.74 bits per heavy atom. The quantitative estimate of drug-likeness (QED) is 0.883. The Balaban J connectivity index is 2.06. The smallest absolute Gasteiger partial charge is 0.240 e. The van der Waals surface area contributed by atoms with Crippen molar-refractivity contribution in [2.75, 3.05) is 6.54 Å². The molecule has 1 aliphatic rings. The maximum absolute atomic E-state index is 13.0. The summed E-state index contributed by atoms with van der Waals surface area (Å²) in [5.74, 6) is -0.277. The van der Waals surface area contributed by atoms with E-state index in [4.69, 9.17) is 0 Å². The number of sulfonamides is 1. The van der Waals surface area contributed by atoms with Crippen LogP contribution in [0.15, 0.2) is 23.1 Å². The first kappa shape index (κ1) is 14.4. The molecule has 1 aromatic rings. The minimum atomic E-state index is -3.61. The van der Waals surface area contributed by atoms with Gasteiger partial charge in [0.1, 0.15) is 5.82 Å². The molecular formula is C13H18FNO3S. The molecule has 1 fully saturated rings. The summed E-state index contributed by atoms with van der Waals surface area (Å²) in [6.45, 7) is 1.88. The van der Waals surface area contributed by atoms with Crippen molar-refractivity contribution in [2.24, 2.45) is 5.92 Å². The van der Waals surface area contributed by atoms with Crippen LogP contribution in [-0.4, -0.2) is 26.2 Å². The maximum atomic E-state index is 13.0. The van der Waals surface area contributed by atoms with Gasteiger partial charge in [0.15, 0.2) is 0 Å². The van der Waals surface area contributed by atoms with Gasteiger partial charge in [-0.3, -0.25) is 0 Å². The van der Waals surface area contributed by atoms with Gasteiger partial charge in [0.25, 0.3) is 0 Å². The number of benzene rings is 1. The van der Waals surface area contributed by atoms with Crippen LogP contribution in [0.1, 0.15) is 24.8 Å². The Kier molecular flexibility index (Phi) is 4.23. The van der Waals surface area contributed by atoms with E-state index in [-0.39, 0.29) is 16.9 Å². The number of aryl methyl sites for hydroxylation is 1. The van der Waals surface area contributed by atoms with Crippen LogP contribution in [0.25, 0.3) is 0 Å². The summed E-state index contributed by atoms with van der Waals surface area (Å²) in [6, 6.07) is 3.62. The third-order valence-corrected chi connectivity index (χ3v) is 5.09. The Labute approximate surface area is 112 Å². The van der Waals surface area contributed by atoms with Crippen molar-refractivity contribution >= 4 is 10.0 Å².